The van der Waals surface area contributed by atoms with Crippen molar-refractivity contribution in [3.63, 3.8) is 0 Å². The predicted molar refractivity (Wildman–Crippen MR) is 72.5 cm³/mol. The lowest BCUT2D eigenvalue weighted by atomic mass is 9.93. The molecule has 1 saturated heterocycles. The number of carbonyl (C=O) groups excluding carboxylic acids is 1. The van der Waals surface area contributed by atoms with Gasteiger partial charge in [-0.05, 0) is 24.8 Å². The second-order valence-corrected chi connectivity index (χ2v) is 4.75. The van der Waals surface area contributed by atoms with Crippen molar-refractivity contribution in [3.05, 3.63) is 18.3 Å². The second-order valence-electron chi connectivity index (χ2n) is 4.75. The Bertz CT molecular complexity index is 413. The summed E-state index contributed by atoms with van der Waals surface area (Å²) in [4.78, 5) is 17.4. The summed E-state index contributed by atoms with van der Waals surface area (Å²) in [5, 5.41) is 3.04. The molecule has 2 heterocycles. The number of anilines is 2. The number of aromatic nitrogens is 1. The van der Waals surface area contributed by atoms with Gasteiger partial charge in [0.25, 0.3) is 0 Å². The van der Waals surface area contributed by atoms with Crippen molar-refractivity contribution in [2.24, 2.45) is 11.7 Å². The fraction of sp³-hybridized carbons (Fsp3) is 0.538. The van der Waals surface area contributed by atoms with Crippen molar-refractivity contribution in [2.75, 3.05) is 30.4 Å². The molecule has 98 valence electrons. The van der Waals surface area contributed by atoms with Gasteiger partial charge < -0.3 is 16.0 Å². The Morgan fingerprint density at radius 1 is 1.56 bits per heavy atom. The van der Waals surface area contributed by atoms with Crippen molar-refractivity contribution in [3.8, 4) is 0 Å². The van der Waals surface area contributed by atoms with Crippen molar-refractivity contribution in [2.45, 2.75) is 19.3 Å². The van der Waals surface area contributed by atoms with Crippen LogP contribution in [0.4, 0.5) is 11.5 Å². The Morgan fingerprint density at radius 2 is 2.28 bits per heavy atom. The first-order valence-electron chi connectivity index (χ1n) is 6.36. The van der Waals surface area contributed by atoms with Gasteiger partial charge in [-0.1, -0.05) is 0 Å². The molecule has 1 aliphatic rings. The van der Waals surface area contributed by atoms with Crippen LogP contribution in [-0.4, -0.2) is 31.0 Å². The van der Waals surface area contributed by atoms with Gasteiger partial charge in [0.2, 0.25) is 5.91 Å². The molecule has 1 aromatic heterocycles. The van der Waals surface area contributed by atoms with Gasteiger partial charge in [0.1, 0.15) is 5.82 Å². The Hall–Kier alpha value is -1.78. The molecule has 3 N–H and O–H groups in total. The summed E-state index contributed by atoms with van der Waals surface area (Å²) in [5.74, 6) is 1.14. The zero-order chi connectivity index (χ0) is 13.0. The predicted octanol–water partition coefficient (Wildman–Crippen LogP) is 1.22. The van der Waals surface area contributed by atoms with E-state index in [1.165, 1.54) is 5.69 Å². The lowest BCUT2D eigenvalue weighted by Gasteiger charge is -2.33. The fourth-order valence-electron chi connectivity index (χ4n) is 2.43. The monoisotopic (exact) mass is 248 g/mol. The molecule has 5 nitrogen and oxygen atoms in total. The van der Waals surface area contributed by atoms with Crippen molar-refractivity contribution in [1.82, 2.24) is 4.98 Å². The molecule has 1 aromatic rings. The summed E-state index contributed by atoms with van der Waals surface area (Å²) in [6, 6.07) is 4.07. The van der Waals surface area contributed by atoms with E-state index in [0.717, 1.165) is 31.7 Å². The summed E-state index contributed by atoms with van der Waals surface area (Å²) in [5.41, 5.74) is 6.42. The molecule has 1 fully saturated rings. The molecular formula is C13H20N4O. The number of nitrogens with one attached hydrogen (secondary N) is 1. The maximum atomic E-state index is 10.9. The lowest BCUT2D eigenvalue weighted by molar-refractivity contribution is -0.119. The highest BCUT2D eigenvalue weighted by Gasteiger charge is 2.20. The average molecular weight is 248 g/mol. The minimum atomic E-state index is -0.185. The second kappa shape index (κ2) is 5.71. The van der Waals surface area contributed by atoms with E-state index in [1.54, 1.807) is 0 Å². The normalized spacial score (nSPS) is 16.6. The third-order valence-corrected chi connectivity index (χ3v) is 3.47. The number of nitrogens with two attached hydrogens (primary N) is 1. The summed E-state index contributed by atoms with van der Waals surface area (Å²) in [6.45, 7) is 1.95. The largest absolute Gasteiger partial charge is 0.373 e. The van der Waals surface area contributed by atoms with Gasteiger partial charge in [0, 0.05) is 44.5 Å². The molecule has 0 bridgehead atoms. The van der Waals surface area contributed by atoms with Gasteiger partial charge in [0.05, 0.1) is 0 Å². The first-order chi connectivity index (χ1) is 8.69. The van der Waals surface area contributed by atoms with Crippen LogP contribution in [0.15, 0.2) is 18.3 Å². The minimum absolute atomic E-state index is 0.185. The van der Waals surface area contributed by atoms with Gasteiger partial charge in [-0.3, -0.25) is 4.79 Å². The molecule has 18 heavy (non-hydrogen) atoms. The zero-order valence-corrected chi connectivity index (χ0v) is 10.7. The van der Waals surface area contributed by atoms with Crippen molar-refractivity contribution < 1.29 is 4.79 Å². The molecule has 0 unspecified atom stereocenters. The zero-order valence-electron chi connectivity index (χ0n) is 10.7. The third kappa shape index (κ3) is 3.12. The summed E-state index contributed by atoms with van der Waals surface area (Å²) in [6.07, 6.45) is 4.39. The summed E-state index contributed by atoms with van der Waals surface area (Å²) in [7, 11) is 1.87. The van der Waals surface area contributed by atoms with Gasteiger partial charge in [-0.25, -0.2) is 4.98 Å². The lowest BCUT2D eigenvalue weighted by Crippen LogP contribution is -2.35. The van der Waals surface area contributed by atoms with Crippen LogP contribution in [0.3, 0.4) is 0 Å². The molecule has 1 aliphatic heterocycles. The van der Waals surface area contributed by atoms with E-state index >= 15 is 0 Å². The van der Waals surface area contributed by atoms with E-state index in [1.807, 2.05) is 19.3 Å². The fourth-order valence-corrected chi connectivity index (χ4v) is 2.43. The highest BCUT2D eigenvalue weighted by atomic mass is 16.1. The number of piperidine rings is 1. The van der Waals surface area contributed by atoms with Crippen LogP contribution in [0, 0.1) is 5.92 Å². The topological polar surface area (TPSA) is 71.2 Å². The maximum absolute atomic E-state index is 10.9. The van der Waals surface area contributed by atoms with Crippen LogP contribution < -0.4 is 16.0 Å². The molecule has 0 atom stereocenters. The molecule has 5 heteroatoms. The Balaban J connectivity index is 1.94. The molecule has 0 aliphatic carbocycles. The average Bonchev–Trinajstić information content (AvgIpc) is 2.39. The molecule has 0 radical (unpaired) electrons. The van der Waals surface area contributed by atoms with Gasteiger partial charge >= 0.3 is 0 Å². The van der Waals surface area contributed by atoms with E-state index in [-0.39, 0.29) is 5.91 Å². The van der Waals surface area contributed by atoms with E-state index in [2.05, 4.69) is 21.3 Å². The van der Waals surface area contributed by atoms with E-state index < -0.39 is 0 Å². The molecule has 0 aromatic carbocycles. The number of hydrogen-bond acceptors (Lipinski definition) is 4. The first-order valence-corrected chi connectivity index (χ1v) is 6.36. The number of amides is 1. The maximum Gasteiger partial charge on any atom is 0.217 e. The first kappa shape index (κ1) is 12.7. The molecular weight excluding hydrogens is 228 g/mol. The van der Waals surface area contributed by atoms with Crippen LogP contribution in [0.5, 0.6) is 0 Å². The summed E-state index contributed by atoms with van der Waals surface area (Å²) >= 11 is 0. The Morgan fingerprint density at radius 3 is 2.89 bits per heavy atom. The van der Waals surface area contributed by atoms with E-state index in [0.29, 0.717) is 12.3 Å². The highest BCUT2D eigenvalue weighted by Crippen LogP contribution is 2.25. The van der Waals surface area contributed by atoms with Gasteiger partial charge in [0.15, 0.2) is 0 Å². The van der Waals surface area contributed by atoms with Gasteiger partial charge in [-0.2, -0.15) is 0 Å². The molecule has 0 saturated carbocycles. The smallest absolute Gasteiger partial charge is 0.217 e. The number of rotatable bonds is 4. The molecule has 0 spiro atoms. The quantitative estimate of drug-likeness (QED) is 0.840. The number of carbonyl (C=O) groups is 1. The van der Waals surface area contributed by atoms with Crippen LogP contribution in [0.25, 0.3) is 0 Å². The van der Waals surface area contributed by atoms with Crippen LogP contribution in [0.2, 0.25) is 0 Å². The standard InChI is InChI=1S/C13H20N4O/c1-15-13-9-11(2-5-16-13)17-6-3-10(4-7-17)8-12(14)18/h2,5,9-10H,3-4,6-8H2,1H3,(H2,14,18)(H,15,16). The Kier molecular flexibility index (Phi) is 4.02. The van der Waals surface area contributed by atoms with Crippen LogP contribution in [-0.2, 0) is 4.79 Å². The van der Waals surface area contributed by atoms with Crippen LogP contribution in [0.1, 0.15) is 19.3 Å². The number of hydrogen-bond donors (Lipinski definition) is 2. The summed E-state index contributed by atoms with van der Waals surface area (Å²) < 4.78 is 0. The number of primary amides is 1. The van der Waals surface area contributed by atoms with E-state index in [9.17, 15) is 4.79 Å². The highest BCUT2D eigenvalue weighted by molar-refractivity contribution is 5.74. The third-order valence-electron chi connectivity index (χ3n) is 3.47. The van der Waals surface area contributed by atoms with Crippen molar-refractivity contribution >= 4 is 17.4 Å². The molecule has 2 rings (SSSR count). The minimum Gasteiger partial charge on any atom is -0.373 e. The SMILES string of the molecule is CNc1cc(N2CCC(CC(N)=O)CC2)ccn1. The number of pyridine rings is 1. The molecule has 1 amide bonds. The van der Waals surface area contributed by atoms with E-state index in [4.69, 9.17) is 5.73 Å². The van der Waals surface area contributed by atoms with Crippen LogP contribution >= 0.6 is 0 Å². The van der Waals surface area contributed by atoms with Gasteiger partial charge in [-0.15, -0.1) is 0 Å². The number of nitrogens with zero attached hydrogens (tertiary/aromatic N) is 2. The Labute approximate surface area is 107 Å². The van der Waals surface area contributed by atoms with Crippen molar-refractivity contribution in [1.29, 1.82) is 0 Å².